The molecule has 0 unspecified atom stereocenters. The lowest BCUT2D eigenvalue weighted by atomic mass is 10.1. The van der Waals surface area contributed by atoms with E-state index in [1.54, 1.807) is 0 Å². The molecule has 0 spiro atoms. The zero-order chi connectivity index (χ0) is 14.1. The average molecular weight is 261 g/mol. The van der Waals surface area contributed by atoms with Crippen molar-refractivity contribution in [2.45, 2.75) is 32.2 Å². The molecule has 0 fully saturated rings. The van der Waals surface area contributed by atoms with E-state index in [0.717, 1.165) is 0 Å². The summed E-state index contributed by atoms with van der Waals surface area (Å²) in [5.41, 5.74) is 0. The van der Waals surface area contributed by atoms with Gasteiger partial charge in [0.1, 0.15) is 6.04 Å². The second-order valence-corrected chi connectivity index (χ2v) is 3.92. The number of aliphatic carboxylic acids is 2. The van der Waals surface area contributed by atoms with Crippen molar-refractivity contribution in [1.82, 2.24) is 4.90 Å². The van der Waals surface area contributed by atoms with Crippen LogP contribution < -0.4 is 0 Å². The first-order valence-corrected chi connectivity index (χ1v) is 5.69. The zero-order valence-corrected chi connectivity index (χ0v) is 10.6. The first-order valence-electron chi connectivity index (χ1n) is 5.69. The fourth-order valence-electron chi connectivity index (χ4n) is 1.37. The third-order valence-electron chi connectivity index (χ3n) is 2.29. The summed E-state index contributed by atoms with van der Waals surface area (Å²) < 4.78 is 4.83. The monoisotopic (exact) mass is 261 g/mol. The fraction of sp³-hybridized carbons (Fsp3) is 0.727. The van der Waals surface area contributed by atoms with Crippen molar-refractivity contribution in [2.75, 3.05) is 20.2 Å². The minimum Gasteiger partial charge on any atom is -0.481 e. The molecule has 0 aromatic heterocycles. The van der Waals surface area contributed by atoms with Crippen molar-refractivity contribution < 1.29 is 29.3 Å². The number of nitrogens with zero attached hydrogens (tertiary/aromatic N) is 1. The largest absolute Gasteiger partial charge is 0.481 e. The third-order valence-corrected chi connectivity index (χ3v) is 2.29. The Bertz CT molecular complexity index is 304. The molecule has 0 bridgehead atoms. The Balaban J connectivity index is 4.29. The molecule has 0 radical (unpaired) electrons. The van der Waals surface area contributed by atoms with E-state index in [4.69, 9.17) is 14.9 Å². The van der Waals surface area contributed by atoms with Gasteiger partial charge in [0.2, 0.25) is 0 Å². The molecular formula is C11H19NO6. The van der Waals surface area contributed by atoms with E-state index in [-0.39, 0.29) is 19.4 Å². The molecule has 0 amide bonds. The van der Waals surface area contributed by atoms with Gasteiger partial charge in [0.25, 0.3) is 0 Å². The molecule has 0 rings (SSSR count). The minimum atomic E-state index is -1.15. The molecule has 0 aliphatic rings. The van der Waals surface area contributed by atoms with Gasteiger partial charge in [0, 0.05) is 6.42 Å². The average Bonchev–Trinajstić information content (AvgIpc) is 2.25. The van der Waals surface area contributed by atoms with Crippen LogP contribution in [0.4, 0.5) is 0 Å². The van der Waals surface area contributed by atoms with Crippen molar-refractivity contribution in [3.63, 3.8) is 0 Å². The first-order chi connectivity index (χ1) is 8.38. The topological polar surface area (TPSA) is 104 Å². The van der Waals surface area contributed by atoms with Gasteiger partial charge in [-0.25, -0.2) is 0 Å². The summed E-state index contributed by atoms with van der Waals surface area (Å²) >= 11 is 0. The SMILES string of the molecule is CCCOC(=O)CN(C)[C@@H](CCC(=O)O)C(=O)O. The lowest BCUT2D eigenvalue weighted by Gasteiger charge is -2.23. The highest BCUT2D eigenvalue weighted by molar-refractivity contribution is 5.77. The Morgan fingerprint density at radius 3 is 2.33 bits per heavy atom. The maximum absolute atomic E-state index is 11.3. The smallest absolute Gasteiger partial charge is 0.320 e. The van der Waals surface area contributed by atoms with Crippen LogP contribution in [0.2, 0.25) is 0 Å². The van der Waals surface area contributed by atoms with Crippen LogP contribution in [-0.4, -0.2) is 59.3 Å². The second kappa shape index (κ2) is 8.46. The Morgan fingerprint density at radius 2 is 1.89 bits per heavy atom. The summed E-state index contributed by atoms with van der Waals surface area (Å²) in [5.74, 6) is -2.73. The first kappa shape index (κ1) is 16.4. The molecule has 104 valence electrons. The van der Waals surface area contributed by atoms with Crippen LogP contribution in [0.25, 0.3) is 0 Å². The lowest BCUT2D eigenvalue weighted by molar-refractivity contribution is -0.148. The number of carbonyl (C=O) groups is 3. The van der Waals surface area contributed by atoms with Gasteiger partial charge in [-0.3, -0.25) is 19.3 Å². The zero-order valence-electron chi connectivity index (χ0n) is 10.6. The Morgan fingerprint density at radius 1 is 1.28 bits per heavy atom. The van der Waals surface area contributed by atoms with Crippen LogP contribution in [-0.2, 0) is 19.1 Å². The molecule has 0 saturated heterocycles. The van der Waals surface area contributed by atoms with Crippen molar-refractivity contribution in [3.8, 4) is 0 Å². The van der Waals surface area contributed by atoms with Crippen LogP contribution in [0.5, 0.6) is 0 Å². The van der Waals surface area contributed by atoms with E-state index in [0.29, 0.717) is 13.0 Å². The van der Waals surface area contributed by atoms with Crippen LogP contribution in [0.1, 0.15) is 26.2 Å². The van der Waals surface area contributed by atoms with Gasteiger partial charge >= 0.3 is 17.9 Å². The number of rotatable bonds is 9. The Kier molecular flexibility index (Phi) is 7.69. The van der Waals surface area contributed by atoms with E-state index in [9.17, 15) is 14.4 Å². The van der Waals surface area contributed by atoms with Crippen LogP contribution >= 0.6 is 0 Å². The number of hydrogen-bond donors (Lipinski definition) is 2. The van der Waals surface area contributed by atoms with Crippen molar-refractivity contribution >= 4 is 17.9 Å². The molecule has 0 aliphatic carbocycles. The molecule has 1 atom stereocenters. The van der Waals surface area contributed by atoms with Gasteiger partial charge in [0.15, 0.2) is 0 Å². The summed E-state index contributed by atoms with van der Waals surface area (Å²) in [6.45, 7) is 1.97. The van der Waals surface area contributed by atoms with E-state index in [2.05, 4.69) is 0 Å². The van der Waals surface area contributed by atoms with Crippen LogP contribution in [0.15, 0.2) is 0 Å². The number of likely N-dealkylation sites (N-methyl/N-ethyl adjacent to an activating group) is 1. The predicted octanol–water partition coefficient (Wildman–Crippen LogP) is 0.189. The molecule has 0 saturated carbocycles. The highest BCUT2D eigenvalue weighted by Crippen LogP contribution is 2.06. The molecule has 0 aromatic rings. The van der Waals surface area contributed by atoms with Crippen LogP contribution in [0.3, 0.4) is 0 Å². The van der Waals surface area contributed by atoms with Gasteiger partial charge in [-0.15, -0.1) is 0 Å². The third kappa shape index (κ3) is 6.85. The fourth-order valence-corrected chi connectivity index (χ4v) is 1.37. The van der Waals surface area contributed by atoms with Gasteiger partial charge in [-0.05, 0) is 19.9 Å². The number of ether oxygens (including phenoxy) is 1. The molecule has 18 heavy (non-hydrogen) atoms. The van der Waals surface area contributed by atoms with Gasteiger partial charge in [-0.1, -0.05) is 6.92 Å². The van der Waals surface area contributed by atoms with Gasteiger partial charge in [0.05, 0.1) is 13.2 Å². The highest BCUT2D eigenvalue weighted by atomic mass is 16.5. The van der Waals surface area contributed by atoms with Gasteiger partial charge in [-0.2, -0.15) is 0 Å². The summed E-state index contributed by atoms with van der Waals surface area (Å²) in [7, 11) is 1.45. The summed E-state index contributed by atoms with van der Waals surface area (Å²) in [6.07, 6.45) is 0.379. The number of carboxylic acids is 2. The van der Waals surface area contributed by atoms with E-state index in [1.165, 1.54) is 11.9 Å². The summed E-state index contributed by atoms with van der Waals surface area (Å²) in [5, 5.41) is 17.5. The highest BCUT2D eigenvalue weighted by Gasteiger charge is 2.25. The van der Waals surface area contributed by atoms with E-state index in [1.807, 2.05) is 6.92 Å². The van der Waals surface area contributed by atoms with Gasteiger partial charge < -0.3 is 14.9 Å². The summed E-state index contributed by atoms with van der Waals surface area (Å²) in [6, 6.07) is -1.00. The van der Waals surface area contributed by atoms with E-state index < -0.39 is 23.9 Å². The molecule has 0 aliphatic heterocycles. The Hall–Kier alpha value is -1.63. The van der Waals surface area contributed by atoms with Crippen molar-refractivity contribution in [2.24, 2.45) is 0 Å². The number of carboxylic acid groups (broad SMARTS) is 2. The number of carbonyl (C=O) groups excluding carboxylic acids is 1. The maximum Gasteiger partial charge on any atom is 0.320 e. The Labute approximate surface area is 105 Å². The quantitative estimate of drug-likeness (QED) is 0.571. The normalized spacial score (nSPS) is 12.2. The molecule has 0 heterocycles. The van der Waals surface area contributed by atoms with E-state index >= 15 is 0 Å². The number of esters is 1. The molecule has 7 heteroatoms. The maximum atomic E-state index is 11.3. The van der Waals surface area contributed by atoms with Crippen molar-refractivity contribution in [3.05, 3.63) is 0 Å². The molecule has 0 aromatic carbocycles. The van der Waals surface area contributed by atoms with Crippen molar-refractivity contribution in [1.29, 1.82) is 0 Å². The second-order valence-electron chi connectivity index (χ2n) is 3.92. The van der Waals surface area contributed by atoms with Crippen LogP contribution in [0, 0.1) is 0 Å². The summed E-state index contributed by atoms with van der Waals surface area (Å²) in [4.78, 5) is 34.0. The number of hydrogen-bond acceptors (Lipinski definition) is 5. The predicted molar refractivity (Wildman–Crippen MR) is 62.2 cm³/mol. The molecule has 2 N–H and O–H groups in total. The minimum absolute atomic E-state index is 0.0533. The lowest BCUT2D eigenvalue weighted by Crippen LogP contribution is -2.42. The molecular weight excluding hydrogens is 242 g/mol. The molecule has 7 nitrogen and oxygen atoms in total. The standard InChI is InChI=1S/C11H19NO6/c1-3-6-18-10(15)7-12(2)8(11(16)17)4-5-9(13)14/h8H,3-7H2,1-2H3,(H,13,14)(H,16,17)/t8-/m0/s1.